The molecule has 0 atom stereocenters. The van der Waals surface area contributed by atoms with Crippen molar-refractivity contribution >= 4 is 17.5 Å². The Bertz CT molecular complexity index is 875. The second-order valence-corrected chi connectivity index (χ2v) is 7.03. The van der Waals surface area contributed by atoms with Gasteiger partial charge in [0.25, 0.3) is 5.91 Å². The van der Waals surface area contributed by atoms with E-state index in [9.17, 15) is 14.0 Å². The molecular weight excluding hydrogens is 347 g/mol. The number of benzene rings is 2. The first kappa shape index (κ1) is 17.5. The Labute approximate surface area is 157 Å². The van der Waals surface area contributed by atoms with Crippen molar-refractivity contribution in [2.24, 2.45) is 0 Å². The van der Waals surface area contributed by atoms with Crippen LogP contribution < -0.4 is 10.1 Å². The molecule has 2 aromatic rings. The standard InChI is InChI=1S/C21H21FN2O3/c22-13-15-4-3-5-16(12-15)27-14-19(25)24-10-8-21(9-11-24)17-6-1-2-7-18(17)23-20(21)26/h1-7,12H,8-11,13-14H2,(H,23,26). The normalized spacial score (nSPS) is 17.5. The summed E-state index contributed by atoms with van der Waals surface area (Å²) in [6.07, 6.45) is 1.19. The van der Waals surface area contributed by atoms with Crippen LogP contribution in [0.1, 0.15) is 24.0 Å². The van der Waals surface area contributed by atoms with E-state index in [-0.39, 0.29) is 18.4 Å². The summed E-state index contributed by atoms with van der Waals surface area (Å²) in [5, 5.41) is 2.96. The van der Waals surface area contributed by atoms with Gasteiger partial charge in [0.15, 0.2) is 6.61 Å². The fourth-order valence-electron chi connectivity index (χ4n) is 3.96. The molecule has 0 aliphatic carbocycles. The number of rotatable bonds is 4. The van der Waals surface area contributed by atoms with E-state index < -0.39 is 12.1 Å². The maximum atomic E-state index is 12.7. The summed E-state index contributed by atoms with van der Waals surface area (Å²) in [4.78, 5) is 26.8. The molecule has 0 unspecified atom stereocenters. The van der Waals surface area contributed by atoms with Crippen LogP contribution in [0.25, 0.3) is 0 Å². The van der Waals surface area contributed by atoms with Crippen LogP contribution in [-0.2, 0) is 21.7 Å². The molecule has 2 heterocycles. The third-order valence-electron chi connectivity index (χ3n) is 5.51. The van der Waals surface area contributed by atoms with Gasteiger partial charge in [-0.05, 0) is 42.2 Å². The first-order chi connectivity index (χ1) is 13.1. The van der Waals surface area contributed by atoms with Crippen molar-refractivity contribution in [3.05, 3.63) is 59.7 Å². The lowest BCUT2D eigenvalue weighted by atomic mass is 9.73. The number of piperidine rings is 1. The van der Waals surface area contributed by atoms with Gasteiger partial charge in [-0.2, -0.15) is 0 Å². The van der Waals surface area contributed by atoms with Crippen LogP contribution in [0.2, 0.25) is 0 Å². The van der Waals surface area contributed by atoms with E-state index in [1.54, 1.807) is 29.2 Å². The first-order valence-electron chi connectivity index (χ1n) is 9.09. The zero-order chi connectivity index (χ0) is 18.9. The van der Waals surface area contributed by atoms with Crippen LogP contribution in [0, 0.1) is 0 Å². The third kappa shape index (κ3) is 3.16. The number of hydrogen-bond donors (Lipinski definition) is 1. The van der Waals surface area contributed by atoms with E-state index >= 15 is 0 Å². The number of carbonyl (C=O) groups excluding carboxylic acids is 2. The first-order valence-corrected chi connectivity index (χ1v) is 9.09. The van der Waals surface area contributed by atoms with Gasteiger partial charge < -0.3 is 15.0 Å². The van der Waals surface area contributed by atoms with Crippen molar-refractivity contribution < 1.29 is 18.7 Å². The van der Waals surface area contributed by atoms with Crippen molar-refractivity contribution in [1.29, 1.82) is 0 Å². The highest BCUT2D eigenvalue weighted by atomic mass is 19.1. The number of alkyl halides is 1. The molecule has 5 nitrogen and oxygen atoms in total. The van der Waals surface area contributed by atoms with Gasteiger partial charge in [-0.3, -0.25) is 9.59 Å². The molecule has 0 aromatic heterocycles. The Morgan fingerprint density at radius 2 is 1.93 bits per heavy atom. The lowest BCUT2D eigenvalue weighted by molar-refractivity contribution is -0.137. The maximum absolute atomic E-state index is 12.7. The summed E-state index contributed by atoms with van der Waals surface area (Å²) in [6, 6.07) is 14.4. The van der Waals surface area contributed by atoms with E-state index in [0.717, 1.165) is 11.3 Å². The Morgan fingerprint density at radius 3 is 2.70 bits per heavy atom. The molecule has 1 spiro atoms. The van der Waals surface area contributed by atoms with Gasteiger partial charge in [-0.15, -0.1) is 0 Å². The molecule has 0 bridgehead atoms. The SMILES string of the molecule is O=C(COc1cccc(CF)c1)N1CCC2(CC1)C(=O)Nc1ccccc12. The molecule has 27 heavy (non-hydrogen) atoms. The molecule has 0 saturated carbocycles. The van der Waals surface area contributed by atoms with Crippen LogP contribution in [0.5, 0.6) is 5.75 Å². The Hall–Kier alpha value is -2.89. The average Bonchev–Trinajstić information content (AvgIpc) is 2.98. The van der Waals surface area contributed by atoms with Gasteiger partial charge in [-0.25, -0.2) is 4.39 Å². The average molecular weight is 368 g/mol. The van der Waals surface area contributed by atoms with Crippen molar-refractivity contribution in [3.8, 4) is 5.75 Å². The monoisotopic (exact) mass is 368 g/mol. The molecule has 1 N–H and O–H groups in total. The fourth-order valence-corrected chi connectivity index (χ4v) is 3.96. The highest BCUT2D eigenvalue weighted by molar-refractivity contribution is 6.06. The van der Waals surface area contributed by atoms with E-state index in [4.69, 9.17) is 4.74 Å². The minimum absolute atomic E-state index is 0.0232. The number of ether oxygens (including phenoxy) is 1. The van der Waals surface area contributed by atoms with Gasteiger partial charge in [-0.1, -0.05) is 30.3 Å². The number of nitrogens with zero attached hydrogens (tertiary/aromatic N) is 1. The van der Waals surface area contributed by atoms with E-state index in [1.165, 1.54) is 0 Å². The molecule has 1 saturated heterocycles. The van der Waals surface area contributed by atoms with Gasteiger partial charge in [0, 0.05) is 18.8 Å². The summed E-state index contributed by atoms with van der Waals surface area (Å²) >= 11 is 0. The Morgan fingerprint density at radius 1 is 1.15 bits per heavy atom. The number of para-hydroxylation sites is 1. The predicted molar refractivity (Wildman–Crippen MR) is 99.3 cm³/mol. The fraction of sp³-hybridized carbons (Fsp3) is 0.333. The number of anilines is 1. The number of halogens is 1. The number of fused-ring (bicyclic) bond motifs is 2. The number of hydrogen-bond acceptors (Lipinski definition) is 3. The Kier molecular flexibility index (Phi) is 4.56. The largest absolute Gasteiger partial charge is 0.484 e. The summed E-state index contributed by atoms with van der Waals surface area (Å²) in [7, 11) is 0. The molecule has 6 heteroatoms. The molecule has 4 rings (SSSR count). The molecule has 2 aliphatic rings. The van der Waals surface area contributed by atoms with E-state index in [2.05, 4.69) is 5.32 Å². The number of nitrogens with one attached hydrogen (secondary N) is 1. The summed E-state index contributed by atoms with van der Waals surface area (Å²) in [5.41, 5.74) is 1.88. The minimum Gasteiger partial charge on any atom is -0.484 e. The molecule has 1 fully saturated rings. The molecule has 2 amide bonds. The van der Waals surface area contributed by atoms with Crippen LogP contribution in [-0.4, -0.2) is 36.4 Å². The summed E-state index contributed by atoms with van der Waals surface area (Å²) < 4.78 is 18.2. The van der Waals surface area contributed by atoms with Crippen LogP contribution in [0.4, 0.5) is 10.1 Å². The van der Waals surface area contributed by atoms with Crippen molar-refractivity contribution in [2.75, 3.05) is 25.0 Å². The highest BCUT2D eigenvalue weighted by Crippen LogP contribution is 2.44. The second-order valence-electron chi connectivity index (χ2n) is 7.03. The number of amides is 2. The molecular formula is C21H21FN2O3. The van der Waals surface area contributed by atoms with Crippen LogP contribution in [0.3, 0.4) is 0 Å². The highest BCUT2D eigenvalue weighted by Gasteiger charge is 2.48. The van der Waals surface area contributed by atoms with E-state index in [1.807, 2.05) is 24.3 Å². The zero-order valence-corrected chi connectivity index (χ0v) is 14.9. The summed E-state index contributed by atoms with van der Waals surface area (Å²) in [6.45, 7) is 0.358. The van der Waals surface area contributed by atoms with Gasteiger partial charge >= 0.3 is 0 Å². The van der Waals surface area contributed by atoms with Crippen molar-refractivity contribution in [2.45, 2.75) is 24.9 Å². The molecule has 2 aromatic carbocycles. The predicted octanol–water partition coefficient (Wildman–Crippen LogP) is 3.05. The van der Waals surface area contributed by atoms with Gasteiger partial charge in [0.05, 0.1) is 5.41 Å². The number of carbonyl (C=O) groups is 2. The summed E-state index contributed by atoms with van der Waals surface area (Å²) in [5.74, 6) is 0.383. The Balaban J connectivity index is 1.38. The smallest absolute Gasteiger partial charge is 0.260 e. The maximum Gasteiger partial charge on any atom is 0.260 e. The molecule has 0 radical (unpaired) electrons. The second kappa shape index (κ2) is 7.02. The number of likely N-dealkylation sites (tertiary alicyclic amines) is 1. The topological polar surface area (TPSA) is 58.6 Å². The third-order valence-corrected chi connectivity index (χ3v) is 5.51. The quantitative estimate of drug-likeness (QED) is 0.902. The molecule has 2 aliphatic heterocycles. The molecule has 140 valence electrons. The van der Waals surface area contributed by atoms with Crippen molar-refractivity contribution in [1.82, 2.24) is 4.90 Å². The van der Waals surface area contributed by atoms with Crippen molar-refractivity contribution in [3.63, 3.8) is 0 Å². The zero-order valence-electron chi connectivity index (χ0n) is 14.9. The van der Waals surface area contributed by atoms with E-state index in [0.29, 0.717) is 37.2 Å². The lowest BCUT2D eigenvalue weighted by Gasteiger charge is -2.37. The lowest BCUT2D eigenvalue weighted by Crippen LogP contribution is -2.49. The minimum atomic E-state index is -0.567. The van der Waals surface area contributed by atoms with Crippen LogP contribution in [0.15, 0.2) is 48.5 Å². The van der Waals surface area contributed by atoms with Gasteiger partial charge in [0.2, 0.25) is 5.91 Å². The van der Waals surface area contributed by atoms with Crippen LogP contribution >= 0.6 is 0 Å². The van der Waals surface area contributed by atoms with Gasteiger partial charge in [0.1, 0.15) is 12.4 Å².